The summed E-state index contributed by atoms with van der Waals surface area (Å²) in [6, 6.07) is 18.5. The van der Waals surface area contributed by atoms with Gasteiger partial charge in [-0.15, -0.1) is 0 Å². The van der Waals surface area contributed by atoms with Gasteiger partial charge in [0.05, 0.1) is 15.6 Å². The molecule has 3 aromatic carbocycles. The van der Waals surface area contributed by atoms with Crippen molar-refractivity contribution in [2.75, 3.05) is 10.8 Å². The molecule has 42 heavy (non-hydrogen) atoms. The Labute approximate surface area is 262 Å². The third-order valence-electron chi connectivity index (χ3n) is 7.42. The Morgan fingerprint density at radius 2 is 1.57 bits per heavy atom. The van der Waals surface area contributed by atoms with Gasteiger partial charge >= 0.3 is 0 Å². The minimum absolute atomic E-state index is 0.0106. The average Bonchev–Trinajstić information content (AvgIpc) is 2.98. The maximum absolute atomic E-state index is 14.2. The third kappa shape index (κ3) is 7.78. The van der Waals surface area contributed by atoms with Crippen LogP contribution < -0.4 is 9.62 Å². The van der Waals surface area contributed by atoms with Crippen LogP contribution in [-0.2, 0) is 26.2 Å². The van der Waals surface area contributed by atoms with Gasteiger partial charge < -0.3 is 10.2 Å². The molecule has 0 saturated heterocycles. The fourth-order valence-corrected chi connectivity index (χ4v) is 7.40. The van der Waals surface area contributed by atoms with Crippen molar-refractivity contribution in [3.8, 4) is 0 Å². The summed E-state index contributed by atoms with van der Waals surface area (Å²) in [5, 5.41) is 3.95. The Morgan fingerprint density at radius 3 is 2.21 bits per heavy atom. The van der Waals surface area contributed by atoms with Crippen molar-refractivity contribution in [3.05, 3.63) is 93.4 Å². The number of carbonyl (C=O) groups is 2. The normalized spacial score (nSPS) is 14.7. The molecule has 1 saturated carbocycles. The third-order valence-corrected chi connectivity index (χ3v) is 10.1. The van der Waals surface area contributed by atoms with Crippen LogP contribution in [-0.4, -0.2) is 43.8 Å². The number of anilines is 1. The minimum atomic E-state index is -4.24. The second kappa shape index (κ2) is 14.6. The molecule has 1 N–H and O–H groups in total. The van der Waals surface area contributed by atoms with E-state index in [0.29, 0.717) is 22.0 Å². The number of rotatable bonds is 11. The quantitative estimate of drug-likeness (QED) is 0.240. The molecule has 0 spiro atoms. The highest BCUT2D eigenvalue weighted by Crippen LogP contribution is 2.33. The van der Waals surface area contributed by atoms with Gasteiger partial charge in [-0.1, -0.05) is 97.4 Å². The number of hydrogen-bond acceptors (Lipinski definition) is 4. The Balaban J connectivity index is 1.73. The van der Waals surface area contributed by atoms with Gasteiger partial charge in [-0.2, -0.15) is 0 Å². The van der Waals surface area contributed by atoms with E-state index in [4.69, 9.17) is 34.8 Å². The SMILES string of the molecule is CC[C@@H](C(=O)NC1CCCCC1)N(Cc1ccccc1Cl)C(=O)CN(c1ccc(Cl)cc1Cl)S(=O)(=O)c1ccccc1. The van der Waals surface area contributed by atoms with Gasteiger partial charge in [0.2, 0.25) is 11.8 Å². The Morgan fingerprint density at radius 1 is 0.905 bits per heavy atom. The lowest BCUT2D eigenvalue weighted by molar-refractivity contribution is -0.140. The maximum Gasteiger partial charge on any atom is 0.264 e. The maximum atomic E-state index is 14.2. The molecular formula is C31H34Cl3N3O4S. The first-order valence-corrected chi connectivity index (χ1v) is 16.5. The zero-order valence-electron chi connectivity index (χ0n) is 23.3. The minimum Gasteiger partial charge on any atom is -0.352 e. The first-order valence-electron chi connectivity index (χ1n) is 14.0. The van der Waals surface area contributed by atoms with Crippen molar-refractivity contribution >= 4 is 62.3 Å². The van der Waals surface area contributed by atoms with Crippen molar-refractivity contribution in [1.29, 1.82) is 0 Å². The van der Waals surface area contributed by atoms with E-state index in [9.17, 15) is 18.0 Å². The van der Waals surface area contributed by atoms with E-state index < -0.39 is 28.5 Å². The number of nitrogens with one attached hydrogen (secondary N) is 1. The van der Waals surface area contributed by atoms with Gasteiger partial charge in [0.25, 0.3) is 10.0 Å². The molecule has 0 heterocycles. The summed E-state index contributed by atoms with van der Waals surface area (Å²) in [5.41, 5.74) is 0.731. The van der Waals surface area contributed by atoms with Gasteiger partial charge in [-0.05, 0) is 61.2 Å². The molecule has 11 heteroatoms. The fraction of sp³-hybridized carbons (Fsp3) is 0.355. The van der Waals surface area contributed by atoms with Crippen LogP contribution in [0.4, 0.5) is 5.69 Å². The second-order valence-corrected chi connectivity index (χ2v) is 13.4. The molecule has 3 aromatic rings. The number of carbonyl (C=O) groups excluding carboxylic acids is 2. The van der Waals surface area contributed by atoms with Gasteiger partial charge in [-0.3, -0.25) is 13.9 Å². The molecule has 1 fully saturated rings. The molecule has 1 aliphatic carbocycles. The van der Waals surface area contributed by atoms with E-state index in [-0.39, 0.29) is 34.1 Å². The largest absolute Gasteiger partial charge is 0.352 e. The van der Waals surface area contributed by atoms with E-state index in [1.165, 1.54) is 35.2 Å². The molecule has 4 rings (SSSR count). The molecule has 7 nitrogen and oxygen atoms in total. The fourth-order valence-electron chi connectivity index (χ4n) is 5.19. The second-order valence-electron chi connectivity index (χ2n) is 10.3. The van der Waals surface area contributed by atoms with Gasteiger partial charge in [-0.25, -0.2) is 8.42 Å². The van der Waals surface area contributed by atoms with E-state index in [1.807, 2.05) is 6.92 Å². The Bertz CT molecular complexity index is 1500. The monoisotopic (exact) mass is 649 g/mol. The van der Waals surface area contributed by atoms with Crippen LogP contribution in [0.1, 0.15) is 51.0 Å². The van der Waals surface area contributed by atoms with Crippen LogP contribution in [0.3, 0.4) is 0 Å². The van der Waals surface area contributed by atoms with Crippen molar-refractivity contribution in [2.24, 2.45) is 0 Å². The number of halogens is 3. The molecule has 0 radical (unpaired) electrons. The topological polar surface area (TPSA) is 86.8 Å². The smallest absolute Gasteiger partial charge is 0.264 e. The van der Waals surface area contributed by atoms with Crippen molar-refractivity contribution in [1.82, 2.24) is 10.2 Å². The van der Waals surface area contributed by atoms with Crippen LogP contribution in [0.5, 0.6) is 0 Å². The number of nitrogens with zero attached hydrogens (tertiary/aromatic N) is 2. The highest BCUT2D eigenvalue weighted by atomic mass is 35.5. The van der Waals surface area contributed by atoms with Crippen LogP contribution in [0.2, 0.25) is 15.1 Å². The van der Waals surface area contributed by atoms with Gasteiger partial charge in [0.1, 0.15) is 12.6 Å². The summed E-state index contributed by atoms with van der Waals surface area (Å²) >= 11 is 19.1. The molecule has 0 unspecified atom stereocenters. The first-order chi connectivity index (χ1) is 20.1. The highest BCUT2D eigenvalue weighted by Gasteiger charge is 2.35. The summed E-state index contributed by atoms with van der Waals surface area (Å²) in [6.45, 7) is 1.24. The van der Waals surface area contributed by atoms with Crippen molar-refractivity contribution in [2.45, 2.75) is 69.0 Å². The molecule has 1 atom stereocenters. The molecule has 224 valence electrons. The van der Waals surface area contributed by atoms with Crippen molar-refractivity contribution in [3.63, 3.8) is 0 Å². The first kappa shape index (κ1) is 32.1. The lowest BCUT2D eigenvalue weighted by Gasteiger charge is -2.34. The van der Waals surface area contributed by atoms with E-state index in [0.717, 1.165) is 36.4 Å². The molecule has 0 bridgehead atoms. The van der Waals surface area contributed by atoms with E-state index in [2.05, 4.69) is 5.32 Å². The summed E-state index contributed by atoms with van der Waals surface area (Å²) in [5.74, 6) is -0.849. The van der Waals surface area contributed by atoms with Crippen molar-refractivity contribution < 1.29 is 18.0 Å². The van der Waals surface area contributed by atoms with E-state index >= 15 is 0 Å². The van der Waals surface area contributed by atoms with Gasteiger partial charge in [0.15, 0.2) is 0 Å². The van der Waals surface area contributed by atoms with Crippen LogP contribution in [0.25, 0.3) is 0 Å². The molecule has 2 amide bonds. The number of hydrogen-bond donors (Lipinski definition) is 1. The lowest BCUT2D eigenvalue weighted by atomic mass is 9.95. The van der Waals surface area contributed by atoms with Crippen LogP contribution in [0.15, 0.2) is 77.7 Å². The Hall–Kier alpha value is -2.78. The van der Waals surface area contributed by atoms with Crippen LogP contribution >= 0.6 is 34.8 Å². The summed E-state index contributed by atoms with van der Waals surface area (Å²) in [6.07, 6.45) is 5.31. The predicted octanol–water partition coefficient (Wildman–Crippen LogP) is 7.10. The standard InChI is InChI=1S/C31H34Cl3N3O4S/c1-2-28(31(39)35-24-12-5-3-6-13-24)36(20-22-11-9-10-16-26(22)33)30(38)21-37(29-18-17-23(32)19-27(29)34)42(40,41)25-14-7-4-8-15-25/h4,7-11,14-19,24,28H,2-3,5-6,12-13,20-21H2,1H3,(H,35,39)/t28-/m0/s1. The van der Waals surface area contributed by atoms with E-state index in [1.54, 1.807) is 42.5 Å². The number of benzene rings is 3. The lowest BCUT2D eigenvalue weighted by Crippen LogP contribution is -2.54. The predicted molar refractivity (Wildman–Crippen MR) is 169 cm³/mol. The highest BCUT2D eigenvalue weighted by molar-refractivity contribution is 7.92. The summed E-state index contributed by atoms with van der Waals surface area (Å²) < 4.78 is 28.8. The number of sulfonamides is 1. The zero-order chi connectivity index (χ0) is 30.3. The molecular weight excluding hydrogens is 617 g/mol. The summed E-state index contributed by atoms with van der Waals surface area (Å²) in [4.78, 5) is 29.2. The zero-order valence-corrected chi connectivity index (χ0v) is 26.4. The molecule has 0 aromatic heterocycles. The Kier molecular flexibility index (Phi) is 11.2. The molecule has 0 aliphatic heterocycles. The average molecular weight is 651 g/mol. The van der Waals surface area contributed by atoms with Crippen LogP contribution in [0, 0.1) is 0 Å². The van der Waals surface area contributed by atoms with Gasteiger partial charge in [0, 0.05) is 22.6 Å². The molecule has 1 aliphatic rings. The number of amides is 2. The summed E-state index contributed by atoms with van der Waals surface area (Å²) in [7, 11) is -4.24.